The van der Waals surface area contributed by atoms with E-state index >= 15 is 0 Å². The molecule has 0 amide bonds. The number of esters is 1. The van der Waals surface area contributed by atoms with E-state index < -0.39 is 11.6 Å². The van der Waals surface area contributed by atoms with E-state index in [9.17, 15) is 9.59 Å². The molecule has 0 aliphatic rings. The highest BCUT2D eigenvalue weighted by atomic mass is 16.6. The number of aromatic nitrogens is 2. The highest BCUT2D eigenvalue weighted by Gasteiger charge is 2.23. The van der Waals surface area contributed by atoms with E-state index in [0.29, 0.717) is 33.5 Å². The quantitative estimate of drug-likeness (QED) is 0.261. The van der Waals surface area contributed by atoms with Crippen molar-refractivity contribution in [2.24, 2.45) is 0 Å². The number of nitrogens with zero attached hydrogens (tertiary/aromatic N) is 2. The summed E-state index contributed by atoms with van der Waals surface area (Å²) in [6.07, 6.45) is 3.59. The van der Waals surface area contributed by atoms with Gasteiger partial charge in [-0.25, -0.2) is 9.31 Å². The molecule has 1 atom stereocenters. The molecule has 2 aromatic carbocycles. The first-order chi connectivity index (χ1) is 18.0. The lowest BCUT2D eigenvalue weighted by atomic mass is 9.98. The number of hydrogen-bond acceptors (Lipinski definition) is 6. The van der Waals surface area contributed by atoms with Gasteiger partial charge in [-0.05, 0) is 83.5 Å². The van der Waals surface area contributed by atoms with Crippen LogP contribution in [-0.4, -0.2) is 21.2 Å². The van der Waals surface area contributed by atoms with Gasteiger partial charge in [-0.2, -0.15) is 5.10 Å². The Bertz CT molecular complexity index is 1740. The van der Waals surface area contributed by atoms with E-state index in [1.807, 2.05) is 89.3 Å². The molecule has 0 bridgehead atoms. The van der Waals surface area contributed by atoms with Crippen molar-refractivity contribution < 1.29 is 13.9 Å². The van der Waals surface area contributed by atoms with Gasteiger partial charge in [-0.3, -0.25) is 4.79 Å². The monoisotopic (exact) mass is 509 g/mol. The van der Waals surface area contributed by atoms with Crippen LogP contribution in [0.25, 0.3) is 27.8 Å². The summed E-state index contributed by atoms with van der Waals surface area (Å²) >= 11 is 0. The Kier molecular flexibility index (Phi) is 6.31. The molecule has 5 rings (SSSR count). The number of para-hydroxylation sites is 1. The van der Waals surface area contributed by atoms with Gasteiger partial charge in [-0.15, -0.1) is 0 Å². The van der Waals surface area contributed by atoms with Crippen molar-refractivity contribution in [2.75, 3.05) is 5.32 Å². The minimum absolute atomic E-state index is 0.0758. The third-order valence-electron chi connectivity index (χ3n) is 6.43. The summed E-state index contributed by atoms with van der Waals surface area (Å²) in [6, 6.07) is 16.6. The lowest BCUT2D eigenvalue weighted by molar-refractivity contribution is 0.00706. The molecule has 3 heterocycles. The predicted octanol–water partition coefficient (Wildman–Crippen LogP) is 6.85. The molecule has 0 saturated heterocycles. The summed E-state index contributed by atoms with van der Waals surface area (Å²) in [5.74, 6) is 0.103. The standard InChI is InChI=1S/C31H31N3O4/c1-18-15-24(20(3)33-26-10-8-7-9-23(26)30(36)38-31(4,5)6)29-25(16-18)27(35)19(2)28(37-29)21-11-12-22-13-14-32-34(22)17-21/h7-17,20,33H,1-6H3. The van der Waals surface area contributed by atoms with Crippen LogP contribution in [0.5, 0.6) is 0 Å². The van der Waals surface area contributed by atoms with Crippen molar-refractivity contribution in [1.82, 2.24) is 9.61 Å². The van der Waals surface area contributed by atoms with E-state index in [4.69, 9.17) is 9.15 Å². The van der Waals surface area contributed by atoms with Crippen LogP contribution in [0.15, 0.2) is 76.2 Å². The van der Waals surface area contributed by atoms with Crippen LogP contribution in [0.4, 0.5) is 5.69 Å². The maximum atomic E-state index is 13.5. The Balaban J connectivity index is 1.60. The predicted molar refractivity (Wildman–Crippen MR) is 150 cm³/mol. The molecule has 5 aromatic rings. The number of ether oxygens (including phenoxy) is 1. The second kappa shape index (κ2) is 9.49. The number of pyridine rings is 1. The number of fused-ring (bicyclic) bond motifs is 2. The van der Waals surface area contributed by atoms with Crippen LogP contribution in [0.3, 0.4) is 0 Å². The molecule has 0 radical (unpaired) electrons. The number of anilines is 1. The van der Waals surface area contributed by atoms with Crippen molar-refractivity contribution in [2.45, 2.75) is 53.2 Å². The van der Waals surface area contributed by atoms with Crippen LogP contribution in [0.1, 0.15) is 60.8 Å². The lowest BCUT2D eigenvalue weighted by Crippen LogP contribution is -2.24. The third kappa shape index (κ3) is 4.79. The zero-order valence-electron chi connectivity index (χ0n) is 22.5. The largest absolute Gasteiger partial charge is 0.456 e. The minimum atomic E-state index is -0.612. The Morgan fingerprint density at radius 3 is 2.61 bits per heavy atom. The molecule has 1 N–H and O–H groups in total. The second-order valence-electron chi connectivity index (χ2n) is 10.6. The Labute approximate surface area is 221 Å². The molecule has 0 spiro atoms. The van der Waals surface area contributed by atoms with E-state index in [2.05, 4.69) is 10.4 Å². The maximum Gasteiger partial charge on any atom is 0.340 e. The number of rotatable bonds is 5. The highest BCUT2D eigenvalue weighted by Crippen LogP contribution is 2.33. The lowest BCUT2D eigenvalue weighted by Gasteiger charge is -2.23. The maximum absolute atomic E-state index is 13.5. The molecule has 0 saturated carbocycles. The van der Waals surface area contributed by atoms with Crippen molar-refractivity contribution >= 4 is 28.1 Å². The molecular weight excluding hydrogens is 478 g/mol. The van der Waals surface area contributed by atoms with Crippen LogP contribution >= 0.6 is 0 Å². The normalized spacial score (nSPS) is 12.6. The van der Waals surface area contributed by atoms with Gasteiger partial charge in [0.1, 0.15) is 16.9 Å². The van der Waals surface area contributed by atoms with Gasteiger partial charge in [0, 0.05) is 34.8 Å². The fraction of sp³-hybridized carbons (Fsp3) is 0.258. The SMILES string of the molecule is Cc1cc(C(C)Nc2ccccc2C(=O)OC(C)(C)C)c2oc(-c3ccc4ccnn4c3)c(C)c(=O)c2c1. The van der Waals surface area contributed by atoms with Crippen LogP contribution in [0, 0.1) is 13.8 Å². The molecule has 0 aliphatic carbocycles. The number of carbonyl (C=O) groups is 1. The molecule has 194 valence electrons. The summed E-state index contributed by atoms with van der Waals surface area (Å²) in [5.41, 5.74) is 4.92. The number of hydrogen-bond donors (Lipinski definition) is 1. The van der Waals surface area contributed by atoms with Crippen molar-refractivity contribution in [3.8, 4) is 11.3 Å². The summed E-state index contributed by atoms with van der Waals surface area (Å²) in [4.78, 5) is 26.4. The zero-order chi connectivity index (χ0) is 27.2. The number of nitrogens with one attached hydrogen (secondary N) is 1. The van der Waals surface area contributed by atoms with Crippen LogP contribution < -0.4 is 10.7 Å². The summed E-state index contributed by atoms with van der Waals surface area (Å²) in [5, 5.41) is 8.29. The van der Waals surface area contributed by atoms with Gasteiger partial charge in [0.05, 0.1) is 22.5 Å². The van der Waals surface area contributed by atoms with Gasteiger partial charge < -0.3 is 14.5 Å². The first-order valence-corrected chi connectivity index (χ1v) is 12.6. The molecular formula is C31H31N3O4. The van der Waals surface area contributed by atoms with Gasteiger partial charge in [0.15, 0.2) is 5.43 Å². The zero-order valence-corrected chi connectivity index (χ0v) is 22.5. The third-order valence-corrected chi connectivity index (χ3v) is 6.43. The van der Waals surface area contributed by atoms with Gasteiger partial charge in [-0.1, -0.05) is 18.2 Å². The Hall–Kier alpha value is -4.39. The minimum Gasteiger partial charge on any atom is -0.456 e. The van der Waals surface area contributed by atoms with Gasteiger partial charge >= 0.3 is 5.97 Å². The molecule has 0 aliphatic heterocycles. The summed E-state index contributed by atoms with van der Waals surface area (Å²) < 4.78 is 13.9. The Morgan fingerprint density at radius 2 is 1.84 bits per heavy atom. The van der Waals surface area contributed by atoms with E-state index in [0.717, 1.165) is 22.2 Å². The van der Waals surface area contributed by atoms with E-state index in [1.54, 1.807) is 23.7 Å². The number of carbonyl (C=O) groups excluding carboxylic acids is 1. The fourth-order valence-electron chi connectivity index (χ4n) is 4.64. The molecule has 3 aromatic heterocycles. The molecule has 0 fully saturated rings. The molecule has 7 nitrogen and oxygen atoms in total. The first-order valence-electron chi connectivity index (χ1n) is 12.6. The van der Waals surface area contributed by atoms with E-state index in [-0.39, 0.29) is 11.5 Å². The molecule has 38 heavy (non-hydrogen) atoms. The van der Waals surface area contributed by atoms with Gasteiger partial charge in [0.2, 0.25) is 0 Å². The fourth-order valence-corrected chi connectivity index (χ4v) is 4.64. The smallest absolute Gasteiger partial charge is 0.340 e. The summed E-state index contributed by atoms with van der Waals surface area (Å²) in [7, 11) is 0. The van der Waals surface area contributed by atoms with E-state index in [1.165, 1.54) is 0 Å². The average molecular weight is 510 g/mol. The van der Waals surface area contributed by atoms with Crippen molar-refractivity contribution in [3.63, 3.8) is 0 Å². The first kappa shape index (κ1) is 25.3. The highest BCUT2D eigenvalue weighted by molar-refractivity contribution is 5.96. The second-order valence-corrected chi connectivity index (χ2v) is 10.6. The number of benzene rings is 2. The van der Waals surface area contributed by atoms with Crippen molar-refractivity contribution in [3.05, 3.63) is 99.5 Å². The Morgan fingerprint density at radius 1 is 1.08 bits per heavy atom. The number of aryl methyl sites for hydroxylation is 1. The summed E-state index contributed by atoms with van der Waals surface area (Å²) in [6.45, 7) is 11.2. The average Bonchev–Trinajstić information content (AvgIpc) is 3.33. The molecule has 7 heteroatoms. The van der Waals surface area contributed by atoms with Crippen molar-refractivity contribution in [1.29, 1.82) is 0 Å². The molecule has 1 unspecified atom stereocenters. The van der Waals surface area contributed by atoms with Crippen LogP contribution in [0.2, 0.25) is 0 Å². The van der Waals surface area contributed by atoms with Gasteiger partial charge in [0.25, 0.3) is 0 Å². The van der Waals surface area contributed by atoms with Crippen LogP contribution in [-0.2, 0) is 4.74 Å². The topological polar surface area (TPSA) is 85.8 Å².